The standard InChI is InChI=1S/C15H26OSi/c1-4-12-15(6-3,13-5-2)16-17-14-10-8-7-9-11-14/h7-11H,4-6,12-13,17H2,1-3H3. The lowest BCUT2D eigenvalue weighted by Crippen LogP contribution is -2.36. The van der Waals surface area contributed by atoms with E-state index in [9.17, 15) is 0 Å². The maximum absolute atomic E-state index is 6.38. The molecular formula is C15H26OSi. The second-order valence-electron chi connectivity index (χ2n) is 4.81. The third kappa shape index (κ3) is 4.64. The minimum absolute atomic E-state index is 0.158. The molecule has 0 aliphatic heterocycles. The van der Waals surface area contributed by atoms with Gasteiger partial charge in [0.25, 0.3) is 0 Å². The predicted octanol–water partition coefficient (Wildman–Crippen LogP) is 3.16. The fourth-order valence-electron chi connectivity index (χ4n) is 2.45. The first-order chi connectivity index (χ1) is 8.26. The molecule has 0 aliphatic carbocycles. The molecule has 0 atom stereocenters. The second-order valence-corrected chi connectivity index (χ2v) is 6.20. The van der Waals surface area contributed by atoms with Crippen molar-refractivity contribution in [3.8, 4) is 0 Å². The molecule has 0 bridgehead atoms. The Hall–Kier alpha value is -0.603. The Bertz CT molecular complexity index is 291. The van der Waals surface area contributed by atoms with E-state index >= 15 is 0 Å². The normalized spacial score (nSPS) is 12.4. The first-order valence-corrected chi connectivity index (χ1v) is 8.22. The Morgan fingerprint density at radius 2 is 1.59 bits per heavy atom. The van der Waals surface area contributed by atoms with E-state index in [1.807, 2.05) is 0 Å². The van der Waals surface area contributed by atoms with E-state index in [0.717, 1.165) is 6.42 Å². The molecule has 2 heteroatoms. The molecule has 17 heavy (non-hydrogen) atoms. The monoisotopic (exact) mass is 250 g/mol. The number of hydrogen-bond acceptors (Lipinski definition) is 1. The van der Waals surface area contributed by atoms with Crippen LogP contribution in [-0.2, 0) is 4.43 Å². The van der Waals surface area contributed by atoms with E-state index < -0.39 is 9.76 Å². The molecule has 1 rings (SSSR count). The maximum Gasteiger partial charge on any atom is 0.193 e. The fraction of sp³-hybridized carbons (Fsp3) is 0.600. The minimum atomic E-state index is -0.567. The van der Waals surface area contributed by atoms with Crippen molar-refractivity contribution in [1.29, 1.82) is 0 Å². The Balaban J connectivity index is 2.59. The molecule has 0 spiro atoms. The van der Waals surface area contributed by atoms with Gasteiger partial charge in [-0.3, -0.25) is 0 Å². The van der Waals surface area contributed by atoms with E-state index in [0.29, 0.717) is 0 Å². The number of rotatable bonds is 8. The summed E-state index contributed by atoms with van der Waals surface area (Å²) in [6, 6.07) is 10.7. The van der Waals surface area contributed by atoms with Crippen LogP contribution in [0.3, 0.4) is 0 Å². The van der Waals surface area contributed by atoms with Crippen LogP contribution in [-0.4, -0.2) is 15.4 Å². The van der Waals surface area contributed by atoms with Crippen LogP contribution in [0.5, 0.6) is 0 Å². The van der Waals surface area contributed by atoms with Gasteiger partial charge in [0.15, 0.2) is 9.76 Å². The van der Waals surface area contributed by atoms with Crippen LogP contribution < -0.4 is 5.19 Å². The van der Waals surface area contributed by atoms with Crippen molar-refractivity contribution in [1.82, 2.24) is 0 Å². The van der Waals surface area contributed by atoms with Gasteiger partial charge in [-0.15, -0.1) is 0 Å². The molecule has 0 unspecified atom stereocenters. The van der Waals surface area contributed by atoms with Crippen molar-refractivity contribution >= 4 is 14.9 Å². The van der Waals surface area contributed by atoms with Crippen LogP contribution >= 0.6 is 0 Å². The van der Waals surface area contributed by atoms with Crippen LogP contribution in [0.25, 0.3) is 0 Å². The smallest absolute Gasteiger partial charge is 0.193 e. The third-order valence-electron chi connectivity index (χ3n) is 3.44. The Kier molecular flexibility index (Phi) is 6.52. The van der Waals surface area contributed by atoms with Gasteiger partial charge in [-0.05, 0) is 24.4 Å². The zero-order valence-corrected chi connectivity index (χ0v) is 13.0. The minimum Gasteiger partial charge on any atom is -0.413 e. The summed E-state index contributed by atoms with van der Waals surface area (Å²) in [6.45, 7) is 6.78. The van der Waals surface area contributed by atoms with E-state index in [1.165, 1.54) is 30.9 Å². The molecule has 0 saturated carbocycles. The van der Waals surface area contributed by atoms with E-state index in [-0.39, 0.29) is 5.60 Å². The summed E-state index contributed by atoms with van der Waals surface area (Å²) < 4.78 is 6.38. The van der Waals surface area contributed by atoms with Crippen molar-refractivity contribution in [2.75, 3.05) is 0 Å². The molecular weight excluding hydrogens is 224 g/mol. The summed E-state index contributed by atoms with van der Waals surface area (Å²) in [5.41, 5.74) is 0.158. The summed E-state index contributed by atoms with van der Waals surface area (Å²) in [7, 11) is -0.567. The van der Waals surface area contributed by atoms with Crippen molar-refractivity contribution in [3.63, 3.8) is 0 Å². The van der Waals surface area contributed by atoms with Crippen LogP contribution in [0.15, 0.2) is 30.3 Å². The van der Waals surface area contributed by atoms with Crippen LogP contribution in [0, 0.1) is 0 Å². The van der Waals surface area contributed by atoms with E-state index in [2.05, 4.69) is 51.1 Å². The van der Waals surface area contributed by atoms with Gasteiger partial charge in [0.05, 0.1) is 5.60 Å². The molecule has 0 N–H and O–H groups in total. The van der Waals surface area contributed by atoms with Gasteiger partial charge in [0.1, 0.15) is 0 Å². The predicted molar refractivity (Wildman–Crippen MR) is 78.5 cm³/mol. The van der Waals surface area contributed by atoms with Gasteiger partial charge in [-0.1, -0.05) is 63.9 Å². The SMILES string of the molecule is CCCC(CC)(CCC)O[SiH2]c1ccccc1. The maximum atomic E-state index is 6.38. The summed E-state index contributed by atoms with van der Waals surface area (Å²) >= 11 is 0. The number of hydrogen-bond donors (Lipinski definition) is 0. The fourth-order valence-corrected chi connectivity index (χ4v) is 3.88. The highest BCUT2D eigenvalue weighted by molar-refractivity contribution is 6.46. The molecule has 0 aromatic heterocycles. The molecule has 1 aromatic carbocycles. The summed E-state index contributed by atoms with van der Waals surface area (Å²) in [5.74, 6) is 0. The lowest BCUT2D eigenvalue weighted by molar-refractivity contribution is 0.0507. The zero-order valence-electron chi connectivity index (χ0n) is 11.5. The topological polar surface area (TPSA) is 9.23 Å². The first kappa shape index (κ1) is 14.5. The molecule has 1 nitrogen and oxygen atoms in total. The highest BCUT2D eigenvalue weighted by atomic mass is 28.2. The largest absolute Gasteiger partial charge is 0.413 e. The van der Waals surface area contributed by atoms with Crippen molar-refractivity contribution < 1.29 is 4.43 Å². The zero-order chi connectivity index (χ0) is 12.6. The van der Waals surface area contributed by atoms with Crippen LogP contribution in [0.1, 0.15) is 52.9 Å². The van der Waals surface area contributed by atoms with Gasteiger partial charge >= 0.3 is 0 Å². The molecule has 96 valence electrons. The average molecular weight is 250 g/mol. The molecule has 0 radical (unpaired) electrons. The first-order valence-electron chi connectivity index (χ1n) is 6.94. The van der Waals surface area contributed by atoms with Gasteiger partial charge in [0, 0.05) is 0 Å². The van der Waals surface area contributed by atoms with Crippen molar-refractivity contribution in [3.05, 3.63) is 30.3 Å². The lowest BCUT2D eigenvalue weighted by atomic mass is 9.90. The van der Waals surface area contributed by atoms with E-state index in [4.69, 9.17) is 4.43 Å². The molecule has 1 aromatic rings. The Labute approximate surface area is 109 Å². The van der Waals surface area contributed by atoms with Gasteiger partial charge in [-0.2, -0.15) is 0 Å². The Morgan fingerprint density at radius 1 is 1.00 bits per heavy atom. The summed E-state index contributed by atoms with van der Waals surface area (Å²) in [5, 5.41) is 1.41. The molecule has 0 fully saturated rings. The molecule has 0 saturated heterocycles. The van der Waals surface area contributed by atoms with Crippen molar-refractivity contribution in [2.45, 2.75) is 58.5 Å². The second kappa shape index (κ2) is 7.67. The Morgan fingerprint density at radius 3 is 2.06 bits per heavy atom. The van der Waals surface area contributed by atoms with Gasteiger partial charge in [0.2, 0.25) is 0 Å². The summed E-state index contributed by atoms with van der Waals surface area (Å²) in [4.78, 5) is 0. The van der Waals surface area contributed by atoms with Gasteiger partial charge in [-0.25, -0.2) is 0 Å². The van der Waals surface area contributed by atoms with Gasteiger partial charge < -0.3 is 4.43 Å². The highest BCUT2D eigenvalue weighted by Crippen LogP contribution is 2.27. The highest BCUT2D eigenvalue weighted by Gasteiger charge is 2.26. The third-order valence-corrected chi connectivity index (χ3v) is 5.00. The van der Waals surface area contributed by atoms with E-state index in [1.54, 1.807) is 0 Å². The van der Waals surface area contributed by atoms with Crippen LogP contribution in [0.4, 0.5) is 0 Å². The quantitative estimate of drug-likeness (QED) is 0.644. The average Bonchev–Trinajstić information content (AvgIpc) is 2.38. The van der Waals surface area contributed by atoms with Crippen LogP contribution in [0.2, 0.25) is 0 Å². The molecule has 0 heterocycles. The number of benzene rings is 1. The molecule has 0 amide bonds. The molecule has 0 aliphatic rings. The summed E-state index contributed by atoms with van der Waals surface area (Å²) in [6.07, 6.45) is 6.00. The van der Waals surface area contributed by atoms with Crippen molar-refractivity contribution in [2.24, 2.45) is 0 Å². The lowest BCUT2D eigenvalue weighted by Gasteiger charge is -2.33.